The Balaban J connectivity index is 1.55. The predicted molar refractivity (Wildman–Crippen MR) is 85.8 cm³/mol. The zero-order valence-corrected chi connectivity index (χ0v) is 12.5. The number of rotatable bonds is 4. The van der Waals surface area contributed by atoms with Gasteiger partial charge in [0, 0.05) is 19.0 Å². The molecule has 2 aliphatic rings. The summed E-state index contributed by atoms with van der Waals surface area (Å²) < 4.78 is 5.93. The van der Waals surface area contributed by atoms with Gasteiger partial charge >= 0.3 is 0 Å². The highest BCUT2D eigenvalue weighted by molar-refractivity contribution is 5.80. The normalized spacial score (nSPS) is 21.2. The summed E-state index contributed by atoms with van der Waals surface area (Å²) in [6.45, 7) is 3.65. The van der Waals surface area contributed by atoms with Crippen LogP contribution >= 0.6 is 0 Å². The molecule has 0 spiro atoms. The molecular formula is C17H23N3O. The summed E-state index contributed by atoms with van der Waals surface area (Å²) in [6, 6.07) is 8.72. The zero-order chi connectivity index (χ0) is 14.5. The topological polar surface area (TPSA) is 45.7 Å². The van der Waals surface area contributed by atoms with Crippen molar-refractivity contribution in [1.29, 1.82) is 0 Å². The maximum absolute atomic E-state index is 5.93. The minimum absolute atomic E-state index is 0.152. The largest absolute Gasteiger partial charge is 0.488 e. The number of benzene rings is 1. The van der Waals surface area contributed by atoms with Crippen LogP contribution in [0.4, 0.5) is 0 Å². The van der Waals surface area contributed by atoms with Crippen LogP contribution in [0.15, 0.2) is 41.4 Å². The lowest BCUT2D eigenvalue weighted by molar-refractivity contribution is 0.241. The third kappa shape index (κ3) is 3.57. The molecule has 1 aliphatic heterocycles. The van der Waals surface area contributed by atoms with Gasteiger partial charge in [0.1, 0.15) is 11.9 Å². The Morgan fingerprint density at radius 2 is 2.10 bits per heavy atom. The fourth-order valence-electron chi connectivity index (χ4n) is 2.80. The van der Waals surface area contributed by atoms with Crippen molar-refractivity contribution >= 4 is 5.96 Å². The first kappa shape index (κ1) is 14.0. The maximum Gasteiger partial charge on any atom is 0.191 e. The molecule has 2 N–H and O–H groups in total. The quantitative estimate of drug-likeness (QED) is 0.507. The predicted octanol–water partition coefficient (Wildman–Crippen LogP) is 2.26. The highest BCUT2D eigenvalue weighted by Gasteiger charge is 2.22. The average Bonchev–Trinajstić information content (AvgIpc) is 3.13. The van der Waals surface area contributed by atoms with Crippen molar-refractivity contribution in [1.82, 2.24) is 10.6 Å². The second-order valence-corrected chi connectivity index (χ2v) is 5.56. The van der Waals surface area contributed by atoms with Crippen LogP contribution in [0, 0.1) is 0 Å². The highest BCUT2D eigenvalue weighted by atomic mass is 16.5. The molecule has 0 saturated carbocycles. The van der Waals surface area contributed by atoms with Crippen molar-refractivity contribution in [3.8, 4) is 5.75 Å². The minimum Gasteiger partial charge on any atom is -0.488 e. The lowest BCUT2D eigenvalue weighted by Gasteiger charge is -2.17. The van der Waals surface area contributed by atoms with Crippen LogP contribution < -0.4 is 15.4 Å². The number of ether oxygens (including phenoxy) is 1. The van der Waals surface area contributed by atoms with Gasteiger partial charge in [0.05, 0.1) is 6.54 Å². The Kier molecular flexibility index (Phi) is 4.43. The van der Waals surface area contributed by atoms with Gasteiger partial charge in [-0.2, -0.15) is 0 Å². The molecule has 1 unspecified atom stereocenters. The second-order valence-electron chi connectivity index (χ2n) is 5.56. The highest BCUT2D eigenvalue weighted by Crippen LogP contribution is 2.28. The molecule has 1 aromatic rings. The van der Waals surface area contributed by atoms with Gasteiger partial charge < -0.3 is 15.4 Å². The molecule has 1 atom stereocenters. The third-order valence-electron chi connectivity index (χ3n) is 3.86. The second kappa shape index (κ2) is 6.66. The lowest BCUT2D eigenvalue weighted by atomic mass is 10.1. The average molecular weight is 285 g/mol. The Morgan fingerprint density at radius 3 is 2.86 bits per heavy atom. The van der Waals surface area contributed by atoms with Gasteiger partial charge in [-0.25, -0.2) is 4.99 Å². The first-order valence-electron chi connectivity index (χ1n) is 7.79. The SMILES string of the molecule is CCNC(=NCC1Cc2ccccc2O1)NC1CC=CC1. The number of hydrogen-bond donors (Lipinski definition) is 2. The van der Waals surface area contributed by atoms with Crippen LogP contribution in [0.25, 0.3) is 0 Å². The van der Waals surface area contributed by atoms with Crippen LogP contribution in [-0.4, -0.2) is 31.2 Å². The Bertz CT molecular complexity index is 506. The fourth-order valence-corrected chi connectivity index (χ4v) is 2.80. The third-order valence-corrected chi connectivity index (χ3v) is 3.86. The van der Waals surface area contributed by atoms with E-state index in [4.69, 9.17) is 4.74 Å². The first-order valence-corrected chi connectivity index (χ1v) is 7.79. The molecule has 21 heavy (non-hydrogen) atoms. The van der Waals surface area contributed by atoms with E-state index in [9.17, 15) is 0 Å². The Hall–Kier alpha value is -1.97. The van der Waals surface area contributed by atoms with Crippen molar-refractivity contribution in [2.24, 2.45) is 4.99 Å². The van der Waals surface area contributed by atoms with Gasteiger partial charge in [-0.1, -0.05) is 30.4 Å². The number of fused-ring (bicyclic) bond motifs is 1. The fraction of sp³-hybridized carbons (Fsp3) is 0.471. The standard InChI is InChI=1S/C17H23N3O/c1-2-18-17(20-14-8-4-5-9-14)19-12-15-11-13-7-3-6-10-16(13)21-15/h3-7,10,14-15H,2,8-9,11-12H2,1H3,(H2,18,19,20). The number of nitrogens with one attached hydrogen (secondary N) is 2. The number of aliphatic imine (C=N–C) groups is 1. The van der Waals surface area contributed by atoms with Crippen LogP contribution in [0.1, 0.15) is 25.3 Å². The number of para-hydroxylation sites is 1. The maximum atomic E-state index is 5.93. The van der Waals surface area contributed by atoms with E-state index in [2.05, 4.69) is 46.8 Å². The van der Waals surface area contributed by atoms with Gasteiger partial charge in [0.2, 0.25) is 0 Å². The summed E-state index contributed by atoms with van der Waals surface area (Å²) in [5.74, 6) is 1.90. The van der Waals surface area contributed by atoms with E-state index in [1.54, 1.807) is 0 Å². The molecule has 0 saturated heterocycles. The summed E-state index contributed by atoms with van der Waals surface area (Å²) in [7, 11) is 0. The molecule has 4 heteroatoms. The van der Waals surface area contributed by atoms with E-state index in [1.165, 1.54) is 5.56 Å². The van der Waals surface area contributed by atoms with E-state index in [0.717, 1.165) is 37.5 Å². The van der Waals surface area contributed by atoms with Crippen molar-refractivity contribution in [2.45, 2.75) is 38.3 Å². The molecule has 112 valence electrons. The van der Waals surface area contributed by atoms with Crippen molar-refractivity contribution in [3.63, 3.8) is 0 Å². The first-order chi connectivity index (χ1) is 10.3. The molecule has 0 bridgehead atoms. The van der Waals surface area contributed by atoms with E-state index in [-0.39, 0.29) is 6.10 Å². The van der Waals surface area contributed by atoms with E-state index in [0.29, 0.717) is 12.6 Å². The van der Waals surface area contributed by atoms with Crippen molar-refractivity contribution in [3.05, 3.63) is 42.0 Å². The molecule has 1 aromatic carbocycles. The smallest absolute Gasteiger partial charge is 0.191 e. The molecule has 0 fully saturated rings. The molecule has 0 amide bonds. The van der Waals surface area contributed by atoms with Crippen LogP contribution in [0.3, 0.4) is 0 Å². The van der Waals surface area contributed by atoms with Crippen LogP contribution in [0.5, 0.6) is 5.75 Å². The van der Waals surface area contributed by atoms with Gasteiger partial charge in [-0.3, -0.25) is 0 Å². The Labute approximate surface area is 126 Å². The molecule has 1 aliphatic carbocycles. The van der Waals surface area contributed by atoms with Crippen LogP contribution in [0.2, 0.25) is 0 Å². The number of hydrogen-bond acceptors (Lipinski definition) is 2. The molecule has 0 aromatic heterocycles. The van der Waals surface area contributed by atoms with Gasteiger partial charge in [0.25, 0.3) is 0 Å². The minimum atomic E-state index is 0.152. The summed E-state index contributed by atoms with van der Waals surface area (Å²) in [5, 5.41) is 6.79. The lowest BCUT2D eigenvalue weighted by Crippen LogP contribution is -2.43. The van der Waals surface area contributed by atoms with Crippen LogP contribution in [-0.2, 0) is 6.42 Å². The summed E-state index contributed by atoms with van der Waals surface area (Å²) in [5.41, 5.74) is 1.29. The summed E-state index contributed by atoms with van der Waals surface area (Å²) in [4.78, 5) is 4.68. The van der Waals surface area contributed by atoms with Crippen molar-refractivity contribution < 1.29 is 4.74 Å². The van der Waals surface area contributed by atoms with Gasteiger partial charge in [0.15, 0.2) is 5.96 Å². The van der Waals surface area contributed by atoms with Gasteiger partial charge in [-0.05, 0) is 31.4 Å². The molecular weight excluding hydrogens is 262 g/mol. The molecule has 3 rings (SSSR count). The Morgan fingerprint density at radius 1 is 1.29 bits per heavy atom. The molecule has 4 nitrogen and oxygen atoms in total. The molecule has 0 radical (unpaired) electrons. The monoisotopic (exact) mass is 285 g/mol. The number of nitrogens with zero attached hydrogens (tertiary/aromatic N) is 1. The number of guanidine groups is 1. The van der Waals surface area contributed by atoms with E-state index >= 15 is 0 Å². The van der Waals surface area contributed by atoms with Gasteiger partial charge in [-0.15, -0.1) is 0 Å². The summed E-state index contributed by atoms with van der Waals surface area (Å²) in [6.07, 6.45) is 7.70. The zero-order valence-electron chi connectivity index (χ0n) is 12.5. The van der Waals surface area contributed by atoms with E-state index in [1.807, 2.05) is 12.1 Å². The van der Waals surface area contributed by atoms with E-state index < -0.39 is 0 Å². The van der Waals surface area contributed by atoms with Crippen molar-refractivity contribution in [2.75, 3.05) is 13.1 Å². The molecule has 1 heterocycles. The summed E-state index contributed by atoms with van der Waals surface area (Å²) >= 11 is 0.